The maximum atomic E-state index is 13.2. The molecule has 0 bridgehead atoms. The smallest absolute Gasteiger partial charge is 0.266 e. The van der Waals surface area contributed by atoms with Crippen LogP contribution in [-0.2, 0) is 11.3 Å². The maximum Gasteiger partial charge on any atom is 0.266 e. The van der Waals surface area contributed by atoms with Gasteiger partial charge in [0.2, 0.25) is 5.91 Å². The van der Waals surface area contributed by atoms with Gasteiger partial charge in [-0.2, -0.15) is 0 Å². The molecule has 2 aromatic heterocycles. The fourth-order valence-corrected chi connectivity index (χ4v) is 3.96. The zero-order valence-electron chi connectivity index (χ0n) is 16.1. The second-order valence-electron chi connectivity index (χ2n) is 6.63. The molecule has 0 aliphatic carbocycles. The minimum Gasteiger partial charge on any atom is -0.467 e. The summed E-state index contributed by atoms with van der Waals surface area (Å²) in [6.07, 6.45) is 1.56. The van der Waals surface area contributed by atoms with E-state index in [9.17, 15) is 9.59 Å². The Balaban J connectivity index is 1.66. The number of hydrogen-bond acceptors (Lipinski definition) is 5. The average molecular weight is 440 g/mol. The van der Waals surface area contributed by atoms with Crippen LogP contribution in [0.3, 0.4) is 0 Å². The van der Waals surface area contributed by atoms with Crippen molar-refractivity contribution in [2.75, 3.05) is 5.75 Å². The van der Waals surface area contributed by atoms with Crippen LogP contribution < -0.4 is 10.9 Å². The lowest BCUT2D eigenvalue weighted by Gasteiger charge is -2.14. The molecule has 4 aromatic rings. The summed E-state index contributed by atoms with van der Waals surface area (Å²) in [5.41, 5.74) is 1.88. The monoisotopic (exact) mass is 439 g/mol. The van der Waals surface area contributed by atoms with Gasteiger partial charge in [0.05, 0.1) is 35.2 Å². The van der Waals surface area contributed by atoms with E-state index in [0.29, 0.717) is 39.1 Å². The van der Waals surface area contributed by atoms with Crippen LogP contribution in [0.1, 0.15) is 11.3 Å². The summed E-state index contributed by atoms with van der Waals surface area (Å²) in [7, 11) is 0. The first-order valence-corrected chi connectivity index (χ1v) is 10.6. The molecule has 4 rings (SSSR count). The molecule has 0 unspecified atom stereocenters. The van der Waals surface area contributed by atoms with Crippen LogP contribution in [0, 0.1) is 6.92 Å². The number of thioether (sulfide) groups is 1. The van der Waals surface area contributed by atoms with Crippen molar-refractivity contribution in [1.29, 1.82) is 0 Å². The Morgan fingerprint density at radius 3 is 2.80 bits per heavy atom. The molecule has 0 fully saturated rings. The molecule has 1 amide bonds. The van der Waals surface area contributed by atoms with E-state index in [0.717, 1.165) is 5.56 Å². The van der Waals surface area contributed by atoms with Gasteiger partial charge in [-0.25, -0.2) is 4.98 Å². The highest BCUT2D eigenvalue weighted by atomic mass is 35.5. The zero-order chi connectivity index (χ0) is 21.1. The van der Waals surface area contributed by atoms with Gasteiger partial charge in [0.15, 0.2) is 5.16 Å². The highest BCUT2D eigenvalue weighted by Crippen LogP contribution is 2.24. The quantitative estimate of drug-likeness (QED) is 0.357. The Labute approximate surface area is 181 Å². The number of rotatable bonds is 6. The number of hydrogen-bond donors (Lipinski definition) is 1. The van der Waals surface area contributed by atoms with E-state index >= 15 is 0 Å². The Hall–Kier alpha value is -3.03. The van der Waals surface area contributed by atoms with Gasteiger partial charge in [0.25, 0.3) is 5.56 Å². The molecule has 152 valence electrons. The molecule has 6 nitrogen and oxygen atoms in total. The summed E-state index contributed by atoms with van der Waals surface area (Å²) in [6.45, 7) is 2.20. The topological polar surface area (TPSA) is 77.1 Å². The number of para-hydroxylation sites is 1. The third-order valence-electron chi connectivity index (χ3n) is 4.53. The summed E-state index contributed by atoms with van der Waals surface area (Å²) in [6, 6.07) is 16.1. The zero-order valence-corrected chi connectivity index (χ0v) is 17.7. The van der Waals surface area contributed by atoms with Crippen molar-refractivity contribution in [2.45, 2.75) is 18.6 Å². The predicted molar refractivity (Wildman–Crippen MR) is 118 cm³/mol. The van der Waals surface area contributed by atoms with Crippen LogP contribution in [-0.4, -0.2) is 21.2 Å². The molecule has 0 aliphatic rings. The molecule has 0 spiro atoms. The van der Waals surface area contributed by atoms with E-state index in [1.807, 2.05) is 25.1 Å². The second kappa shape index (κ2) is 8.77. The first-order valence-electron chi connectivity index (χ1n) is 9.23. The van der Waals surface area contributed by atoms with Gasteiger partial charge in [0.1, 0.15) is 5.76 Å². The van der Waals surface area contributed by atoms with Crippen LogP contribution >= 0.6 is 23.4 Å². The van der Waals surface area contributed by atoms with Gasteiger partial charge in [-0.15, -0.1) is 0 Å². The number of halogens is 1. The largest absolute Gasteiger partial charge is 0.467 e. The van der Waals surface area contributed by atoms with Crippen LogP contribution in [0.15, 0.2) is 75.2 Å². The van der Waals surface area contributed by atoms with E-state index in [1.54, 1.807) is 42.7 Å². The Morgan fingerprint density at radius 1 is 1.20 bits per heavy atom. The van der Waals surface area contributed by atoms with Gasteiger partial charge in [-0.05, 0) is 48.9 Å². The second-order valence-corrected chi connectivity index (χ2v) is 7.98. The lowest BCUT2D eigenvalue weighted by Crippen LogP contribution is -2.26. The van der Waals surface area contributed by atoms with Crippen molar-refractivity contribution in [3.8, 4) is 5.69 Å². The molecule has 2 heterocycles. The van der Waals surface area contributed by atoms with E-state index in [2.05, 4.69) is 10.3 Å². The van der Waals surface area contributed by atoms with Gasteiger partial charge in [0, 0.05) is 5.02 Å². The number of aryl methyl sites for hydroxylation is 1. The molecule has 0 saturated carbocycles. The average Bonchev–Trinajstić information content (AvgIpc) is 3.27. The van der Waals surface area contributed by atoms with Crippen molar-refractivity contribution >= 4 is 40.2 Å². The lowest BCUT2D eigenvalue weighted by atomic mass is 10.2. The molecule has 30 heavy (non-hydrogen) atoms. The van der Waals surface area contributed by atoms with Crippen molar-refractivity contribution < 1.29 is 9.21 Å². The van der Waals surface area contributed by atoms with Crippen LogP contribution in [0.4, 0.5) is 0 Å². The lowest BCUT2D eigenvalue weighted by molar-refractivity contribution is -0.118. The normalized spacial score (nSPS) is 11.0. The van der Waals surface area contributed by atoms with Crippen molar-refractivity contribution in [1.82, 2.24) is 14.9 Å². The van der Waals surface area contributed by atoms with Gasteiger partial charge >= 0.3 is 0 Å². The Morgan fingerprint density at radius 2 is 2.03 bits per heavy atom. The number of nitrogens with one attached hydrogen (secondary N) is 1. The summed E-state index contributed by atoms with van der Waals surface area (Å²) in [5, 5.41) is 4.27. The van der Waals surface area contributed by atoms with Crippen molar-refractivity contribution in [3.63, 3.8) is 0 Å². The number of furan rings is 1. The highest BCUT2D eigenvalue weighted by molar-refractivity contribution is 7.99. The van der Waals surface area contributed by atoms with Crippen molar-refractivity contribution in [2.24, 2.45) is 0 Å². The fourth-order valence-electron chi connectivity index (χ4n) is 2.94. The number of fused-ring (bicyclic) bond motifs is 1. The first kappa shape index (κ1) is 20.3. The third kappa shape index (κ3) is 4.27. The van der Waals surface area contributed by atoms with Gasteiger partial charge < -0.3 is 9.73 Å². The molecule has 8 heteroatoms. The number of nitrogens with zero attached hydrogens (tertiary/aromatic N) is 2. The number of carbonyl (C=O) groups excluding carboxylic acids is 1. The summed E-state index contributed by atoms with van der Waals surface area (Å²) in [5.74, 6) is 0.584. The molecule has 0 radical (unpaired) electrons. The van der Waals surface area contributed by atoms with Crippen LogP contribution in [0.5, 0.6) is 0 Å². The molecular weight excluding hydrogens is 422 g/mol. The molecule has 2 aromatic carbocycles. The molecule has 1 N–H and O–H groups in total. The minimum atomic E-state index is -0.209. The number of carbonyl (C=O) groups is 1. The fraction of sp³-hybridized carbons (Fsp3) is 0.136. The molecular formula is C22H18ClN3O3S. The standard InChI is InChI=1S/C22H18ClN3O3S/c1-14-8-9-15(11-18(14)23)26-21(28)17-6-2-3-7-19(17)25-22(26)30-13-20(27)24-12-16-5-4-10-29-16/h2-11H,12-13H2,1H3,(H,24,27). The number of aromatic nitrogens is 2. The summed E-state index contributed by atoms with van der Waals surface area (Å²) < 4.78 is 6.71. The van der Waals surface area contributed by atoms with E-state index in [4.69, 9.17) is 16.0 Å². The maximum absolute atomic E-state index is 13.2. The van der Waals surface area contributed by atoms with Crippen LogP contribution in [0.2, 0.25) is 5.02 Å². The van der Waals surface area contributed by atoms with Crippen molar-refractivity contribution in [3.05, 3.63) is 87.6 Å². The summed E-state index contributed by atoms with van der Waals surface area (Å²) >= 11 is 7.48. The van der Waals surface area contributed by atoms with E-state index in [1.165, 1.54) is 16.3 Å². The molecule has 0 atom stereocenters. The van der Waals surface area contributed by atoms with Gasteiger partial charge in [-0.3, -0.25) is 14.2 Å². The Bertz CT molecular complexity index is 1270. The number of amides is 1. The van der Waals surface area contributed by atoms with Crippen LogP contribution in [0.25, 0.3) is 16.6 Å². The van der Waals surface area contributed by atoms with Gasteiger partial charge in [-0.1, -0.05) is 41.6 Å². The number of benzene rings is 2. The first-order chi connectivity index (χ1) is 14.5. The molecule has 0 aliphatic heterocycles. The minimum absolute atomic E-state index is 0.102. The highest BCUT2D eigenvalue weighted by Gasteiger charge is 2.15. The predicted octanol–water partition coefficient (Wildman–Crippen LogP) is 4.35. The van der Waals surface area contributed by atoms with E-state index in [-0.39, 0.29) is 17.2 Å². The molecule has 0 saturated heterocycles. The van der Waals surface area contributed by atoms with E-state index < -0.39 is 0 Å². The SMILES string of the molecule is Cc1ccc(-n2c(SCC(=O)NCc3ccco3)nc3ccccc3c2=O)cc1Cl. The Kier molecular flexibility index (Phi) is 5.92. The third-order valence-corrected chi connectivity index (χ3v) is 5.88. The summed E-state index contributed by atoms with van der Waals surface area (Å²) in [4.78, 5) is 30.2.